The molecule has 3 saturated heterocycles. The average molecular weight is 596 g/mol. The van der Waals surface area contributed by atoms with E-state index in [4.69, 9.17) is 25.8 Å². The molecule has 4 aromatic rings. The standard InChI is InChI=1S/C30H28ClF2N5O4/c1-30(2,3)42-29(39)37-10-9-20-21(37)12-38(20)27-18-11-34-25(17-6-4-5-15-7-8-19(32)23(31)22(15)17)24(33)26(18)35-28(36-27)41-16-13-40-14-16/h4-8,11,16,20-21H,9-10,12-14H2,1-3H3/t20-,21-/m1/s1. The van der Waals surface area contributed by atoms with Gasteiger partial charge in [-0.25, -0.2) is 13.6 Å². The van der Waals surface area contributed by atoms with E-state index in [0.717, 1.165) is 0 Å². The molecule has 0 spiro atoms. The molecular weight excluding hydrogens is 568 g/mol. The number of carbonyl (C=O) groups excluding carboxylic acids is 1. The number of halogens is 3. The van der Waals surface area contributed by atoms with E-state index in [1.54, 1.807) is 29.2 Å². The zero-order valence-electron chi connectivity index (χ0n) is 23.2. The second-order valence-corrected chi connectivity index (χ2v) is 12.2. The summed E-state index contributed by atoms with van der Waals surface area (Å²) in [6.45, 7) is 7.33. The Kier molecular flexibility index (Phi) is 6.36. The summed E-state index contributed by atoms with van der Waals surface area (Å²) in [5.41, 5.74) is -0.240. The van der Waals surface area contributed by atoms with Gasteiger partial charge in [0.25, 0.3) is 0 Å². The highest BCUT2D eigenvalue weighted by Gasteiger charge is 2.51. The van der Waals surface area contributed by atoms with Gasteiger partial charge in [0.15, 0.2) is 5.82 Å². The van der Waals surface area contributed by atoms with Gasteiger partial charge in [-0.15, -0.1) is 0 Å². The van der Waals surface area contributed by atoms with E-state index >= 15 is 4.39 Å². The number of benzene rings is 2. The first kappa shape index (κ1) is 27.0. The highest BCUT2D eigenvalue weighted by molar-refractivity contribution is 6.36. The largest absolute Gasteiger partial charge is 0.455 e. The van der Waals surface area contributed by atoms with E-state index in [-0.39, 0.29) is 46.5 Å². The molecule has 0 radical (unpaired) electrons. The molecule has 0 unspecified atom stereocenters. The Balaban J connectivity index is 1.30. The van der Waals surface area contributed by atoms with Crippen LogP contribution in [-0.4, -0.2) is 76.0 Å². The van der Waals surface area contributed by atoms with Crippen molar-refractivity contribution in [2.24, 2.45) is 0 Å². The molecule has 218 valence electrons. The van der Waals surface area contributed by atoms with Crippen LogP contribution >= 0.6 is 11.6 Å². The lowest BCUT2D eigenvalue weighted by atomic mass is 9.96. The monoisotopic (exact) mass is 595 g/mol. The van der Waals surface area contributed by atoms with Gasteiger partial charge in [-0.3, -0.25) is 4.98 Å². The molecule has 5 heterocycles. The Morgan fingerprint density at radius 2 is 1.93 bits per heavy atom. The molecule has 0 aliphatic carbocycles. The number of likely N-dealkylation sites (tertiary alicyclic amines) is 1. The van der Waals surface area contributed by atoms with Gasteiger partial charge in [0, 0.05) is 30.2 Å². The number of ether oxygens (including phenoxy) is 3. The minimum atomic E-state index is -0.697. The summed E-state index contributed by atoms with van der Waals surface area (Å²) in [5.74, 6) is -0.829. The first-order valence-corrected chi connectivity index (χ1v) is 14.2. The lowest BCUT2D eigenvalue weighted by molar-refractivity contribution is -0.0829. The summed E-state index contributed by atoms with van der Waals surface area (Å²) in [4.78, 5) is 30.2. The molecule has 9 nitrogen and oxygen atoms in total. The van der Waals surface area contributed by atoms with Crippen LogP contribution in [0.15, 0.2) is 36.5 Å². The van der Waals surface area contributed by atoms with Crippen LogP contribution in [0, 0.1) is 11.6 Å². The number of fused-ring (bicyclic) bond motifs is 3. The molecule has 7 rings (SSSR count). The minimum absolute atomic E-state index is 0.0124. The molecule has 3 aliphatic rings. The van der Waals surface area contributed by atoms with Crippen molar-refractivity contribution in [2.45, 2.75) is 51.0 Å². The fourth-order valence-corrected chi connectivity index (χ4v) is 6.10. The predicted molar refractivity (Wildman–Crippen MR) is 153 cm³/mol. The van der Waals surface area contributed by atoms with E-state index < -0.39 is 17.2 Å². The summed E-state index contributed by atoms with van der Waals surface area (Å²) in [5, 5.41) is 1.31. The number of aromatic nitrogens is 3. The fraction of sp³-hybridized carbons (Fsp3) is 0.400. The Labute approximate surface area is 245 Å². The lowest BCUT2D eigenvalue weighted by Gasteiger charge is -2.47. The molecule has 1 amide bonds. The highest BCUT2D eigenvalue weighted by Crippen LogP contribution is 2.42. The number of carbonyl (C=O) groups is 1. The van der Waals surface area contributed by atoms with E-state index in [1.165, 1.54) is 12.3 Å². The summed E-state index contributed by atoms with van der Waals surface area (Å²) in [6, 6.07) is 7.97. The summed E-state index contributed by atoms with van der Waals surface area (Å²) in [6.07, 6.45) is 1.64. The van der Waals surface area contributed by atoms with E-state index in [2.05, 4.69) is 15.0 Å². The zero-order chi connectivity index (χ0) is 29.3. The maximum atomic E-state index is 16.4. The van der Waals surface area contributed by atoms with Gasteiger partial charge < -0.3 is 24.0 Å². The van der Waals surface area contributed by atoms with Crippen molar-refractivity contribution < 1.29 is 27.8 Å². The van der Waals surface area contributed by atoms with Crippen molar-refractivity contribution in [1.82, 2.24) is 19.9 Å². The Morgan fingerprint density at radius 3 is 2.67 bits per heavy atom. The normalized spacial score (nSPS) is 20.4. The lowest BCUT2D eigenvalue weighted by Crippen LogP contribution is -2.63. The number of rotatable bonds is 4. The number of anilines is 1. The molecule has 3 aliphatic heterocycles. The maximum absolute atomic E-state index is 16.4. The smallest absolute Gasteiger partial charge is 0.410 e. The van der Waals surface area contributed by atoms with Crippen molar-refractivity contribution in [3.8, 4) is 17.3 Å². The van der Waals surface area contributed by atoms with E-state index in [1.807, 2.05) is 25.7 Å². The maximum Gasteiger partial charge on any atom is 0.410 e. The number of hydrogen-bond acceptors (Lipinski definition) is 8. The third-order valence-corrected chi connectivity index (χ3v) is 8.28. The summed E-state index contributed by atoms with van der Waals surface area (Å²) in [7, 11) is 0. The van der Waals surface area contributed by atoms with Crippen molar-refractivity contribution in [2.75, 3.05) is 31.2 Å². The second kappa shape index (κ2) is 9.88. The van der Waals surface area contributed by atoms with Crippen LogP contribution in [-0.2, 0) is 9.47 Å². The van der Waals surface area contributed by atoms with Gasteiger partial charge in [0.1, 0.15) is 34.6 Å². The third kappa shape index (κ3) is 4.46. The van der Waals surface area contributed by atoms with Crippen LogP contribution in [0.3, 0.4) is 0 Å². The van der Waals surface area contributed by atoms with Gasteiger partial charge >= 0.3 is 12.1 Å². The highest BCUT2D eigenvalue weighted by atomic mass is 35.5. The van der Waals surface area contributed by atoms with Crippen LogP contribution in [0.5, 0.6) is 6.01 Å². The summed E-state index contributed by atoms with van der Waals surface area (Å²) >= 11 is 6.34. The predicted octanol–water partition coefficient (Wildman–Crippen LogP) is 5.75. The number of hydrogen-bond donors (Lipinski definition) is 0. The second-order valence-electron chi connectivity index (χ2n) is 11.8. The number of nitrogens with zero attached hydrogens (tertiary/aromatic N) is 5. The Bertz CT molecular complexity index is 1750. The SMILES string of the molecule is CC(C)(C)OC(=O)N1CC[C@@H]2[C@H]1CN2c1nc(OC2COC2)nc2c(F)c(-c3cccc4ccc(F)c(Cl)c34)ncc12. The average Bonchev–Trinajstić information content (AvgIpc) is 3.24. The summed E-state index contributed by atoms with van der Waals surface area (Å²) < 4.78 is 47.6. The van der Waals surface area contributed by atoms with Crippen LogP contribution in [0.25, 0.3) is 32.9 Å². The molecule has 0 N–H and O–H groups in total. The molecule has 0 saturated carbocycles. The van der Waals surface area contributed by atoms with Gasteiger partial charge in [0.2, 0.25) is 0 Å². The molecule has 3 fully saturated rings. The Hall–Kier alpha value is -3.83. The van der Waals surface area contributed by atoms with Crippen molar-refractivity contribution in [1.29, 1.82) is 0 Å². The topological polar surface area (TPSA) is 89.9 Å². The molecule has 2 aromatic heterocycles. The first-order valence-electron chi connectivity index (χ1n) is 13.8. The first-order chi connectivity index (χ1) is 20.1. The van der Waals surface area contributed by atoms with E-state index in [0.29, 0.717) is 60.3 Å². The Morgan fingerprint density at radius 1 is 1.12 bits per heavy atom. The minimum Gasteiger partial charge on any atom is -0.455 e. The third-order valence-electron chi connectivity index (χ3n) is 7.91. The molecule has 42 heavy (non-hydrogen) atoms. The van der Waals surface area contributed by atoms with Crippen molar-refractivity contribution in [3.63, 3.8) is 0 Å². The number of pyridine rings is 1. The molecule has 2 atom stereocenters. The fourth-order valence-electron chi connectivity index (χ4n) is 5.83. The van der Waals surface area contributed by atoms with Gasteiger partial charge in [-0.05, 0) is 38.6 Å². The van der Waals surface area contributed by atoms with Crippen molar-refractivity contribution >= 4 is 45.2 Å². The van der Waals surface area contributed by atoms with Crippen LogP contribution < -0.4 is 9.64 Å². The van der Waals surface area contributed by atoms with Crippen LogP contribution in [0.2, 0.25) is 5.02 Å². The van der Waals surface area contributed by atoms with Gasteiger partial charge in [-0.2, -0.15) is 9.97 Å². The van der Waals surface area contributed by atoms with Crippen LogP contribution in [0.1, 0.15) is 27.2 Å². The molecule has 2 aromatic carbocycles. The van der Waals surface area contributed by atoms with Gasteiger partial charge in [-0.1, -0.05) is 35.9 Å². The number of amides is 1. The molecule has 0 bridgehead atoms. The van der Waals surface area contributed by atoms with E-state index in [9.17, 15) is 9.18 Å². The zero-order valence-corrected chi connectivity index (χ0v) is 24.0. The molecular formula is C30H28ClF2N5O4. The van der Waals surface area contributed by atoms with Crippen molar-refractivity contribution in [3.05, 3.63) is 53.2 Å². The quantitative estimate of drug-likeness (QED) is 0.295. The van der Waals surface area contributed by atoms with Crippen LogP contribution in [0.4, 0.5) is 19.4 Å². The molecule has 12 heteroatoms. The van der Waals surface area contributed by atoms with Gasteiger partial charge in [0.05, 0.1) is 35.7 Å².